The van der Waals surface area contributed by atoms with Crippen molar-refractivity contribution in [3.63, 3.8) is 0 Å². The Kier molecular flexibility index (Phi) is 5.76. The molecular formula is C13H13Br2NS2. The zero-order valence-corrected chi connectivity index (χ0v) is 14.4. The van der Waals surface area contributed by atoms with E-state index in [-0.39, 0.29) is 6.04 Å². The minimum Gasteiger partial charge on any atom is -0.327 e. The fourth-order valence-electron chi connectivity index (χ4n) is 1.53. The Morgan fingerprint density at radius 1 is 1.17 bits per heavy atom. The van der Waals surface area contributed by atoms with Crippen molar-refractivity contribution in [2.75, 3.05) is 5.75 Å². The summed E-state index contributed by atoms with van der Waals surface area (Å²) in [5, 5.41) is 2.09. The van der Waals surface area contributed by atoms with Gasteiger partial charge in [-0.25, -0.2) is 0 Å². The van der Waals surface area contributed by atoms with E-state index in [2.05, 4.69) is 61.5 Å². The SMILES string of the molecule is NC(CSc1ccccc1Br)Cc1sccc1Br. The van der Waals surface area contributed by atoms with Crippen LogP contribution in [0.3, 0.4) is 0 Å². The summed E-state index contributed by atoms with van der Waals surface area (Å²) in [6.07, 6.45) is 0.926. The van der Waals surface area contributed by atoms with E-state index in [0.717, 1.165) is 16.6 Å². The highest BCUT2D eigenvalue weighted by atomic mass is 79.9. The first-order valence-electron chi connectivity index (χ1n) is 5.51. The summed E-state index contributed by atoms with van der Waals surface area (Å²) in [6.45, 7) is 0. The molecule has 2 aromatic rings. The van der Waals surface area contributed by atoms with Gasteiger partial charge >= 0.3 is 0 Å². The molecule has 1 unspecified atom stereocenters. The van der Waals surface area contributed by atoms with Crippen LogP contribution in [0.5, 0.6) is 0 Å². The molecule has 0 radical (unpaired) electrons. The van der Waals surface area contributed by atoms with E-state index in [0.29, 0.717) is 0 Å². The Balaban J connectivity index is 1.87. The quantitative estimate of drug-likeness (QED) is 0.712. The zero-order valence-electron chi connectivity index (χ0n) is 9.61. The molecule has 0 spiro atoms. The average molecular weight is 407 g/mol. The fraction of sp³-hybridized carbons (Fsp3) is 0.231. The number of hydrogen-bond acceptors (Lipinski definition) is 3. The summed E-state index contributed by atoms with van der Waals surface area (Å²) in [5.41, 5.74) is 6.18. The molecule has 5 heteroatoms. The normalized spacial score (nSPS) is 12.6. The second-order valence-electron chi connectivity index (χ2n) is 3.90. The maximum absolute atomic E-state index is 6.18. The Labute approximate surface area is 132 Å². The van der Waals surface area contributed by atoms with Crippen LogP contribution in [0.25, 0.3) is 0 Å². The molecule has 0 saturated carbocycles. The molecule has 96 valence electrons. The van der Waals surface area contributed by atoms with Gasteiger partial charge in [-0.05, 0) is 61.9 Å². The maximum Gasteiger partial charge on any atom is 0.0314 e. The van der Waals surface area contributed by atoms with E-state index < -0.39 is 0 Å². The lowest BCUT2D eigenvalue weighted by molar-refractivity contribution is 0.755. The second kappa shape index (κ2) is 7.10. The van der Waals surface area contributed by atoms with Gasteiger partial charge in [-0.2, -0.15) is 0 Å². The van der Waals surface area contributed by atoms with Gasteiger partial charge in [0.2, 0.25) is 0 Å². The summed E-state index contributed by atoms with van der Waals surface area (Å²) in [6, 6.07) is 10.5. The molecule has 1 aromatic carbocycles. The van der Waals surface area contributed by atoms with Gasteiger partial charge in [0.25, 0.3) is 0 Å². The lowest BCUT2D eigenvalue weighted by Gasteiger charge is -2.11. The van der Waals surface area contributed by atoms with Gasteiger partial charge in [0.1, 0.15) is 0 Å². The van der Waals surface area contributed by atoms with E-state index in [9.17, 15) is 0 Å². The molecule has 1 nitrogen and oxygen atoms in total. The Hall–Kier alpha value is 0.190. The monoisotopic (exact) mass is 405 g/mol. The minimum atomic E-state index is 0.178. The number of halogens is 2. The number of hydrogen-bond donors (Lipinski definition) is 1. The Morgan fingerprint density at radius 3 is 2.61 bits per heavy atom. The molecule has 0 aliphatic heterocycles. The summed E-state index contributed by atoms with van der Waals surface area (Å²) >= 11 is 10.7. The van der Waals surface area contributed by atoms with Crippen molar-refractivity contribution in [2.45, 2.75) is 17.4 Å². The molecule has 2 rings (SSSR count). The van der Waals surface area contributed by atoms with Gasteiger partial charge in [0.15, 0.2) is 0 Å². The van der Waals surface area contributed by atoms with Crippen molar-refractivity contribution >= 4 is 55.0 Å². The first-order valence-corrected chi connectivity index (χ1v) is 8.96. The Bertz CT molecular complexity index is 513. The lowest BCUT2D eigenvalue weighted by Crippen LogP contribution is -2.25. The number of thiophene rings is 1. The zero-order chi connectivity index (χ0) is 13.0. The second-order valence-corrected chi connectivity index (χ2v) is 7.67. The predicted octanol–water partition coefficient (Wildman–Crippen LogP) is 4.94. The third kappa shape index (κ3) is 4.10. The predicted molar refractivity (Wildman–Crippen MR) is 88.6 cm³/mol. The van der Waals surface area contributed by atoms with E-state index in [1.165, 1.54) is 14.2 Å². The molecule has 1 heterocycles. The van der Waals surface area contributed by atoms with Crippen LogP contribution in [-0.4, -0.2) is 11.8 Å². The smallest absolute Gasteiger partial charge is 0.0314 e. The van der Waals surface area contributed by atoms with Crippen LogP contribution < -0.4 is 5.73 Å². The average Bonchev–Trinajstić information content (AvgIpc) is 2.74. The van der Waals surface area contributed by atoms with Crippen molar-refractivity contribution in [1.82, 2.24) is 0 Å². The number of rotatable bonds is 5. The molecule has 1 atom stereocenters. The van der Waals surface area contributed by atoms with Gasteiger partial charge in [0.05, 0.1) is 0 Å². The van der Waals surface area contributed by atoms with E-state index in [4.69, 9.17) is 5.73 Å². The standard InChI is InChI=1S/C13H13Br2NS2/c14-10-3-1-2-4-12(10)18-8-9(16)7-13-11(15)5-6-17-13/h1-6,9H,7-8,16H2. The number of benzene rings is 1. The maximum atomic E-state index is 6.18. The molecular weight excluding hydrogens is 394 g/mol. The van der Waals surface area contributed by atoms with Crippen molar-refractivity contribution in [3.05, 3.63) is 49.5 Å². The number of nitrogens with two attached hydrogens (primary N) is 1. The minimum absolute atomic E-state index is 0.178. The van der Waals surface area contributed by atoms with Gasteiger partial charge in [-0.15, -0.1) is 23.1 Å². The van der Waals surface area contributed by atoms with Gasteiger partial charge in [-0.3, -0.25) is 0 Å². The summed E-state index contributed by atoms with van der Waals surface area (Å²) < 4.78 is 2.31. The van der Waals surface area contributed by atoms with Crippen LogP contribution in [0.2, 0.25) is 0 Å². The molecule has 2 N–H and O–H groups in total. The Morgan fingerprint density at radius 2 is 1.94 bits per heavy atom. The van der Waals surface area contributed by atoms with Gasteiger partial charge in [-0.1, -0.05) is 12.1 Å². The number of thioether (sulfide) groups is 1. The highest BCUT2D eigenvalue weighted by Crippen LogP contribution is 2.29. The van der Waals surface area contributed by atoms with Crippen LogP contribution >= 0.6 is 55.0 Å². The van der Waals surface area contributed by atoms with Crippen LogP contribution in [0.1, 0.15) is 4.88 Å². The van der Waals surface area contributed by atoms with E-state index in [1.54, 1.807) is 23.1 Å². The van der Waals surface area contributed by atoms with Crippen molar-refractivity contribution in [3.8, 4) is 0 Å². The molecule has 18 heavy (non-hydrogen) atoms. The van der Waals surface area contributed by atoms with E-state index in [1.807, 2.05) is 6.07 Å². The van der Waals surface area contributed by atoms with Crippen LogP contribution in [0, 0.1) is 0 Å². The topological polar surface area (TPSA) is 26.0 Å². The highest BCUT2D eigenvalue weighted by molar-refractivity contribution is 9.10. The summed E-state index contributed by atoms with van der Waals surface area (Å²) in [4.78, 5) is 2.58. The molecule has 0 fully saturated rings. The third-order valence-electron chi connectivity index (χ3n) is 2.43. The van der Waals surface area contributed by atoms with Crippen molar-refractivity contribution in [2.24, 2.45) is 5.73 Å². The molecule has 0 aliphatic carbocycles. The molecule has 1 aromatic heterocycles. The first kappa shape index (κ1) is 14.6. The van der Waals surface area contributed by atoms with Crippen LogP contribution in [0.15, 0.2) is 49.6 Å². The molecule has 0 bridgehead atoms. The summed E-state index contributed by atoms with van der Waals surface area (Å²) in [5.74, 6) is 0.924. The van der Waals surface area contributed by atoms with Crippen molar-refractivity contribution in [1.29, 1.82) is 0 Å². The van der Waals surface area contributed by atoms with Gasteiger partial charge in [0, 0.05) is 30.5 Å². The highest BCUT2D eigenvalue weighted by Gasteiger charge is 2.09. The van der Waals surface area contributed by atoms with E-state index >= 15 is 0 Å². The van der Waals surface area contributed by atoms with Gasteiger partial charge < -0.3 is 5.73 Å². The molecule has 0 amide bonds. The molecule has 0 saturated heterocycles. The third-order valence-corrected chi connectivity index (χ3v) is 6.59. The van der Waals surface area contributed by atoms with Crippen LogP contribution in [-0.2, 0) is 6.42 Å². The van der Waals surface area contributed by atoms with Crippen LogP contribution in [0.4, 0.5) is 0 Å². The fourth-order valence-corrected chi connectivity index (χ4v) is 4.66. The first-order chi connectivity index (χ1) is 8.66. The largest absolute Gasteiger partial charge is 0.327 e. The lowest BCUT2D eigenvalue weighted by atomic mass is 10.2. The molecule has 0 aliphatic rings. The summed E-state index contributed by atoms with van der Waals surface area (Å²) in [7, 11) is 0. The van der Waals surface area contributed by atoms with Crippen molar-refractivity contribution < 1.29 is 0 Å².